The molecule has 0 aromatic heterocycles. The van der Waals surface area contributed by atoms with Gasteiger partial charge in [-0.05, 0) is 0 Å². The van der Waals surface area contributed by atoms with Crippen molar-refractivity contribution >= 4 is 0 Å². The van der Waals surface area contributed by atoms with Crippen LogP contribution in [0.2, 0.25) is 0 Å². The van der Waals surface area contributed by atoms with E-state index < -0.39 is 10.2 Å². The molecule has 0 saturated carbocycles. The minimum Gasteiger partial charge on any atom is -0.577 e. The van der Waals surface area contributed by atoms with Gasteiger partial charge in [0.2, 0.25) is 0 Å². The van der Waals surface area contributed by atoms with Gasteiger partial charge in [0.15, 0.2) is 0 Å². The molecule has 0 bridgehead atoms. The van der Waals surface area contributed by atoms with Crippen molar-refractivity contribution in [3.8, 4) is 0 Å². The van der Waals surface area contributed by atoms with Crippen molar-refractivity contribution in [3.63, 3.8) is 0 Å². The van der Waals surface area contributed by atoms with Gasteiger partial charge in [-0.3, -0.25) is 0 Å². The summed E-state index contributed by atoms with van der Waals surface area (Å²) in [5.74, 6) is 0. The van der Waals surface area contributed by atoms with E-state index in [4.69, 9.17) is 19.2 Å². The Labute approximate surface area is 63.5 Å². The van der Waals surface area contributed by atoms with Crippen molar-refractivity contribution < 1.29 is 63.5 Å². The molecule has 7 heavy (non-hydrogen) atoms. The zero-order valence-corrected chi connectivity index (χ0v) is 6.18. The Hall–Kier alpha value is 1.09. The third kappa shape index (κ3) is 11.0. The van der Waals surface area contributed by atoms with Crippen LogP contribution in [-0.4, -0.2) is 0 Å². The molecule has 5 nitrogen and oxygen atoms in total. The fraction of sp³-hybridized carbons (Fsp3) is 0. The quantitative estimate of drug-likeness (QED) is 0.203. The molecule has 38 valence electrons. The van der Waals surface area contributed by atoms with Gasteiger partial charge in [0, 0.05) is 0 Å². The van der Waals surface area contributed by atoms with E-state index in [2.05, 4.69) is 4.44 Å². The third-order valence-corrected chi connectivity index (χ3v) is 0.231. The van der Waals surface area contributed by atoms with Crippen molar-refractivity contribution in [2.45, 2.75) is 0 Å². The average Bonchev–Trinajstić information content (AvgIpc) is 1.35. The molecule has 0 saturated heterocycles. The summed E-state index contributed by atoms with van der Waals surface area (Å²) >= 11 is 0. The fourth-order valence-electron chi connectivity index (χ4n) is 0. The van der Waals surface area contributed by atoms with E-state index in [1.807, 2.05) is 0 Å². The maximum atomic E-state index is 8.88. The molecule has 0 rings (SSSR count). The van der Waals surface area contributed by atoms with Crippen molar-refractivity contribution in [2.24, 2.45) is 0 Å². The maximum Gasteiger partial charge on any atom is 1.00 e. The molecule has 0 spiro atoms. The zero-order chi connectivity index (χ0) is 5.21. The average molecular weight is 138 g/mol. The van der Waals surface area contributed by atoms with Crippen LogP contribution in [0.15, 0.2) is 0 Å². The van der Waals surface area contributed by atoms with E-state index in [9.17, 15) is 0 Å². The van der Waals surface area contributed by atoms with Gasteiger partial charge in [-0.2, -0.15) is 14.0 Å². The first-order valence-electron chi connectivity index (χ1n) is 0.784. The van der Waals surface area contributed by atoms with Gasteiger partial charge < -0.3 is 5.26 Å². The van der Waals surface area contributed by atoms with E-state index >= 15 is 0 Å². The number of rotatable bonds is 1. The predicted molar refractivity (Wildman–Crippen MR) is 1.08 cm³/mol. The molecule has 0 aliphatic carbocycles. The molecule has 7 heteroatoms. The van der Waals surface area contributed by atoms with Gasteiger partial charge in [0.25, 0.3) is 0 Å². The molecule has 0 fully saturated rings. The molecule has 0 unspecified atom stereocenters. The maximum absolute atomic E-state index is 8.88. The molecule has 0 radical (unpaired) electrons. The van der Waals surface area contributed by atoms with Crippen molar-refractivity contribution in [2.75, 3.05) is 0 Å². The van der Waals surface area contributed by atoms with Crippen LogP contribution < -0.4 is 48.8 Å². The van der Waals surface area contributed by atoms with E-state index in [0.29, 0.717) is 0 Å². The first-order valence-corrected chi connectivity index (χ1v) is 2.02. The monoisotopic (exact) mass is 138 g/mol. The van der Waals surface area contributed by atoms with E-state index in [0.717, 1.165) is 0 Å². The Morgan fingerprint density at radius 2 is 1.29 bits per heavy atom. The third-order valence-electron chi connectivity index (χ3n) is 0.0772. The van der Waals surface area contributed by atoms with Gasteiger partial charge in [0.05, 0.1) is 14.7 Å². The van der Waals surface area contributed by atoms with Gasteiger partial charge in [-0.25, -0.2) is 0 Å². The Balaban J connectivity index is 0. The van der Waals surface area contributed by atoms with Crippen molar-refractivity contribution in [1.82, 2.24) is 0 Å². The summed E-state index contributed by atoms with van der Waals surface area (Å²) in [6.45, 7) is 0. The van der Waals surface area contributed by atoms with Crippen LogP contribution in [0.25, 0.3) is 0 Å². The zero-order valence-electron chi connectivity index (χ0n) is 3.42. The predicted octanol–water partition coefficient (Wildman–Crippen LogP) is -7.82. The molecule has 0 atom stereocenters. The Morgan fingerprint density at radius 3 is 1.29 bits per heavy atom. The van der Waals surface area contributed by atoms with Gasteiger partial charge >= 0.3 is 29.6 Å². The Kier molecular flexibility index (Phi) is 6.29. The molecule has 0 aromatic rings. The standard InChI is InChI=1S/ClHO5.Na/c2-1(3,4)6-5;/h5H;/q;+1/p-1. The van der Waals surface area contributed by atoms with E-state index in [-0.39, 0.29) is 29.6 Å². The molecular formula is ClNaO5. The summed E-state index contributed by atoms with van der Waals surface area (Å²) in [4.78, 5) is 0. The fourth-order valence-corrected chi connectivity index (χ4v) is 0. The molecule has 0 N–H and O–H groups in total. The molecule has 0 heterocycles. The molecule has 0 aliphatic heterocycles. The van der Waals surface area contributed by atoms with Crippen LogP contribution in [0.4, 0.5) is 0 Å². The van der Waals surface area contributed by atoms with Crippen LogP contribution in [0, 0.1) is 10.2 Å². The summed E-state index contributed by atoms with van der Waals surface area (Å²) < 4.78 is 28.7. The first kappa shape index (κ1) is 11.0. The summed E-state index contributed by atoms with van der Waals surface area (Å²) in [7, 11) is -4.73. The van der Waals surface area contributed by atoms with Crippen molar-refractivity contribution in [3.05, 3.63) is 0 Å². The molecule has 0 aliphatic rings. The molecule has 0 aromatic carbocycles. The van der Waals surface area contributed by atoms with Gasteiger partial charge in [-0.15, -0.1) is 0 Å². The minimum absolute atomic E-state index is 0. The van der Waals surface area contributed by atoms with Crippen LogP contribution in [0.3, 0.4) is 0 Å². The Bertz CT molecular complexity index is 37.8. The van der Waals surface area contributed by atoms with Crippen LogP contribution >= 0.6 is 0 Å². The second kappa shape index (κ2) is 4.02. The number of hydrogen-bond donors (Lipinski definition) is 0. The smallest absolute Gasteiger partial charge is 0.577 e. The summed E-state index contributed by atoms with van der Waals surface area (Å²) in [5.41, 5.74) is 0. The molecular weight excluding hydrogens is 138 g/mol. The SMILES string of the molecule is [Na+].[O-]O[Cl+3]([O-])([O-])[O-]. The Morgan fingerprint density at radius 1 is 1.14 bits per heavy atom. The van der Waals surface area contributed by atoms with E-state index in [1.54, 1.807) is 0 Å². The van der Waals surface area contributed by atoms with Crippen LogP contribution in [-0.2, 0) is 4.44 Å². The topological polar surface area (TPSA) is 101 Å². The number of hydrogen-bond acceptors (Lipinski definition) is 5. The van der Waals surface area contributed by atoms with Gasteiger partial charge in [0.1, 0.15) is 0 Å². The van der Waals surface area contributed by atoms with Gasteiger partial charge in [-0.1, -0.05) is 0 Å². The largest absolute Gasteiger partial charge is 1.00 e. The summed E-state index contributed by atoms with van der Waals surface area (Å²) in [6.07, 6.45) is 0. The van der Waals surface area contributed by atoms with E-state index in [1.165, 1.54) is 0 Å². The first-order chi connectivity index (χ1) is 2.56. The molecule has 0 amide bonds. The minimum atomic E-state index is -4.73. The van der Waals surface area contributed by atoms with Crippen LogP contribution in [0.1, 0.15) is 0 Å². The normalized spacial score (nSPS) is 10.3. The van der Waals surface area contributed by atoms with Crippen LogP contribution in [0.5, 0.6) is 0 Å². The summed E-state index contributed by atoms with van der Waals surface area (Å²) in [6, 6.07) is 0. The summed E-state index contributed by atoms with van der Waals surface area (Å²) in [5, 5.41) is 8.54. The van der Waals surface area contributed by atoms with Crippen molar-refractivity contribution in [1.29, 1.82) is 0 Å². The second-order valence-corrected chi connectivity index (χ2v) is 1.32. The number of halogens is 1. The second-order valence-electron chi connectivity index (χ2n) is 0.441.